The van der Waals surface area contributed by atoms with Crippen LogP contribution in [0.1, 0.15) is 90.9 Å². The molecule has 3 aliphatic heterocycles. The zero-order valence-electron chi connectivity index (χ0n) is 29.7. The van der Waals surface area contributed by atoms with Gasteiger partial charge in [0.15, 0.2) is 0 Å². The molecule has 7 rings (SSSR count). The molecule has 0 aromatic heterocycles. The summed E-state index contributed by atoms with van der Waals surface area (Å²) in [6.07, 6.45) is 7.30. The number of morpholine rings is 1. The number of carbonyl (C=O) groups excluding carboxylic acids is 4. The van der Waals surface area contributed by atoms with Gasteiger partial charge in [0.2, 0.25) is 23.4 Å². The second-order valence-electron chi connectivity index (χ2n) is 15.7. The summed E-state index contributed by atoms with van der Waals surface area (Å²) in [5, 5.41) is 15.7. The third-order valence-corrected chi connectivity index (χ3v) is 11.4. The van der Waals surface area contributed by atoms with E-state index in [0.29, 0.717) is 64.1 Å². The Balaban J connectivity index is 1.00. The van der Waals surface area contributed by atoms with E-state index in [-0.39, 0.29) is 68.6 Å². The Kier molecular flexibility index (Phi) is 11.8. The number of nitrogens with zero attached hydrogens (tertiary/aromatic N) is 2. The average molecular weight is 709 g/mol. The van der Waals surface area contributed by atoms with Crippen molar-refractivity contribution in [1.29, 1.82) is 0 Å². The summed E-state index contributed by atoms with van der Waals surface area (Å²) < 4.78 is 23.3. The molecule has 15 heteroatoms. The number of aliphatic hydroxyl groups is 1. The van der Waals surface area contributed by atoms with Gasteiger partial charge in [-0.2, -0.15) is 9.78 Å². The molecular formula is C35H56N4O11. The van der Waals surface area contributed by atoms with Crippen LogP contribution in [0.2, 0.25) is 0 Å². The van der Waals surface area contributed by atoms with Crippen LogP contribution in [-0.2, 0) is 38.3 Å². The number of hydrogen-bond donors (Lipinski definition) is 3. The molecule has 4 saturated carbocycles. The normalized spacial score (nSPS) is 32.4. The second-order valence-corrected chi connectivity index (χ2v) is 15.7. The summed E-state index contributed by atoms with van der Waals surface area (Å²) in [5.74, 6) is -0.315. The first kappa shape index (κ1) is 37.1. The van der Waals surface area contributed by atoms with E-state index in [9.17, 15) is 24.3 Å². The summed E-state index contributed by atoms with van der Waals surface area (Å²) in [6.45, 7) is 6.66. The van der Waals surface area contributed by atoms with Crippen LogP contribution in [0.25, 0.3) is 0 Å². The Labute approximate surface area is 294 Å². The van der Waals surface area contributed by atoms with Crippen LogP contribution >= 0.6 is 0 Å². The minimum Gasteiger partial charge on any atom is -0.434 e. The van der Waals surface area contributed by atoms with Gasteiger partial charge in [0.1, 0.15) is 12.2 Å². The summed E-state index contributed by atoms with van der Waals surface area (Å²) in [4.78, 5) is 66.0. The van der Waals surface area contributed by atoms with E-state index in [1.54, 1.807) is 18.7 Å². The van der Waals surface area contributed by atoms with E-state index in [4.69, 9.17) is 28.7 Å². The highest BCUT2D eigenvalue weighted by Crippen LogP contribution is 2.63. The van der Waals surface area contributed by atoms with E-state index < -0.39 is 29.4 Å². The average Bonchev–Trinajstić information content (AvgIpc) is 3.68. The van der Waals surface area contributed by atoms with E-state index in [1.807, 2.05) is 4.90 Å². The molecule has 0 aromatic carbocycles. The fraction of sp³-hybridized carbons (Fsp3) is 0.886. The van der Waals surface area contributed by atoms with E-state index in [0.717, 1.165) is 38.6 Å². The third-order valence-electron chi connectivity index (χ3n) is 11.4. The van der Waals surface area contributed by atoms with Crippen molar-refractivity contribution in [1.82, 2.24) is 20.4 Å². The lowest BCUT2D eigenvalue weighted by molar-refractivity contribution is -0.389. The summed E-state index contributed by atoms with van der Waals surface area (Å²) in [5.41, 5.74) is -1.06. The van der Waals surface area contributed by atoms with Crippen molar-refractivity contribution < 1.29 is 53.0 Å². The molecule has 2 atom stereocenters. The molecule has 282 valence electrons. The van der Waals surface area contributed by atoms with Gasteiger partial charge in [-0.3, -0.25) is 9.59 Å². The molecule has 4 amide bonds. The zero-order valence-corrected chi connectivity index (χ0v) is 29.7. The molecule has 15 nitrogen and oxygen atoms in total. The van der Waals surface area contributed by atoms with Gasteiger partial charge in [0.25, 0.3) is 0 Å². The largest absolute Gasteiger partial charge is 0.508 e. The van der Waals surface area contributed by atoms with Crippen molar-refractivity contribution in [2.45, 2.75) is 114 Å². The number of amides is 4. The standard InChI is InChI=1S/C35H56N4O11/c1-33(2,22-28(23-40)37-31(43)39-12-15-45-16-13-39)47-32(44)46-14-8-34(7-6-29(41)36-9-4-11-38-10-3-5-30(38)42)48-35(50-49-34)26-18-24-17-25(20-26)21-27(35)19-24/h24-28,40H,3-23H2,1-2H3,(H,36,41)(H,37,43)/t24?,25?,26?,27?,28-,34?,35?/m0/s1. The first-order valence-corrected chi connectivity index (χ1v) is 18.7. The SMILES string of the molecule is CC(C)(C[C@@H](CO)NC(=O)N1CCOCC1)OC(=O)OCCC1(CCC(=O)NCCCN2CCCC2=O)OOC2(O1)C1CC3CC(C1)CC2C3. The number of rotatable bonds is 15. The molecule has 3 N–H and O–H groups in total. The maximum absolute atomic E-state index is 12.9. The number of nitrogens with one attached hydrogen (secondary N) is 2. The van der Waals surface area contributed by atoms with Gasteiger partial charge in [0.05, 0.1) is 25.9 Å². The van der Waals surface area contributed by atoms with Crippen molar-refractivity contribution >= 4 is 24.0 Å². The Morgan fingerprint density at radius 3 is 2.40 bits per heavy atom. The van der Waals surface area contributed by atoms with Crippen LogP contribution in [0, 0.1) is 23.7 Å². The molecule has 3 saturated heterocycles. The van der Waals surface area contributed by atoms with Crippen LogP contribution in [0.3, 0.4) is 0 Å². The first-order chi connectivity index (χ1) is 24.0. The topological polar surface area (TPSA) is 174 Å². The highest BCUT2D eigenvalue weighted by Gasteiger charge is 2.66. The molecule has 0 aromatic rings. The van der Waals surface area contributed by atoms with E-state index in [2.05, 4.69) is 10.6 Å². The molecule has 4 bridgehead atoms. The predicted octanol–water partition coefficient (Wildman–Crippen LogP) is 2.84. The minimum absolute atomic E-state index is 0.0996. The maximum atomic E-state index is 12.9. The fourth-order valence-corrected chi connectivity index (χ4v) is 9.12. The number of aliphatic hydroxyl groups excluding tert-OH is 1. The van der Waals surface area contributed by atoms with Crippen molar-refractivity contribution in [3.63, 3.8) is 0 Å². The number of carbonyl (C=O) groups is 4. The molecule has 0 radical (unpaired) electrons. The van der Waals surface area contributed by atoms with Gasteiger partial charge in [0, 0.05) is 76.7 Å². The van der Waals surface area contributed by atoms with Crippen molar-refractivity contribution in [3.05, 3.63) is 0 Å². The van der Waals surface area contributed by atoms with Gasteiger partial charge < -0.3 is 44.5 Å². The first-order valence-electron chi connectivity index (χ1n) is 18.7. The predicted molar refractivity (Wildman–Crippen MR) is 176 cm³/mol. The second kappa shape index (κ2) is 15.9. The molecule has 3 heterocycles. The quantitative estimate of drug-likeness (QED) is 0.130. The zero-order chi connectivity index (χ0) is 35.4. The van der Waals surface area contributed by atoms with Crippen LogP contribution in [0.4, 0.5) is 9.59 Å². The lowest BCUT2D eigenvalue weighted by atomic mass is 9.53. The lowest BCUT2D eigenvalue weighted by Crippen LogP contribution is -2.59. The van der Waals surface area contributed by atoms with Crippen molar-refractivity contribution in [2.24, 2.45) is 23.7 Å². The smallest absolute Gasteiger partial charge is 0.434 e. The maximum Gasteiger partial charge on any atom is 0.508 e. The summed E-state index contributed by atoms with van der Waals surface area (Å²) >= 11 is 0. The van der Waals surface area contributed by atoms with Crippen LogP contribution in [-0.4, -0.2) is 121 Å². The number of ether oxygens (including phenoxy) is 4. The number of urea groups is 1. The highest BCUT2D eigenvalue weighted by atomic mass is 17.3. The molecule has 4 aliphatic carbocycles. The summed E-state index contributed by atoms with van der Waals surface area (Å²) in [6, 6.07) is -0.946. The summed E-state index contributed by atoms with van der Waals surface area (Å²) in [7, 11) is 0. The molecule has 50 heavy (non-hydrogen) atoms. The minimum atomic E-state index is -1.28. The van der Waals surface area contributed by atoms with Gasteiger partial charge in [-0.05, 0) is 70.6 Å². The van der Waals surface area contributed by atoms with E-state index >= 15 is 0 Å². The molecule has 1 unspecified atom stereocenters. The van der Waals surface area contributed by atoms with Gasteiger partial charge in [-0.15, -0.1) is 0 Å². The van der Waals surface area contributed by atoms with Gasteiger partial charge in [-0.25, -0.2) is 9.59 Å². The van der Waals surface area contributed by atoms with Crippen LogP contribution in [0.5, 0.6) is 0 Å². The highest BCUT2D eigenvalue weighted by molar-refractivity contribution is 5.78. The van der Waals surface area contributed by atoms with E-state index in [1.165, 1.54) is 6.42 Å². The molecule has 7 fully saturated rings. The number of likely N-dealkylation sites (tertiary alicyclic amines) is 1. The fourth-order valence-electron chi connectivity index (χ4n) is 9.12. The van der Waals surface area contributed by atoms with Crippen LogP contribution in [0.15, 0.2) is 0 Å². The van der Waals surface area contributed by atoms with Gasteiger partial charge >= 0.3 is 12.2 Å². The Hall–Kier alpha value is -2.72. The number of hydrogen-bond acceptors (Lipinski definition) is 11. The van der Waals surface area contributed by atoms with Crippen molar-refractivity contribution in [3.8, 4) is 0 Å². The monoisotopic (exact) mass is 708 g/mol. The Morgan fingerprint density at radius 2 is 1.74 bits per heavy atom. The lowest BCUT2D eigenvalue weighted by Gasteiger charge is -2.57. The third kappa shape index (κ3) is 8.83. The van der Waals surface area contributed by atoms with Gasteiger partial charge in [-0.1, -0.05) is 0 Å². The molecular weight excluding hydrogens is 652 g/mol. The van der Waals surface area contributed by atoms with Crippen LogP contribution < -0.4 is 10.6 Å². The Morgan fingerprint density at radius 1 is 1.02 bits per heavy atom. The molecule has 7 aliphatic rings. The Bertz CT molecular complexity index is 1200. The van der Waals surface area contributed by atoms with Crippen molar-refractivity contribution in [2.75, 3.05) is 59.2 Å². The molecule has 1 spiro atoms.